The molecule has 2 aromatic carbocycles. The van der Waals surface area contributed by atoms with E-state index in [-0.39, 0.29) is 13.2 Å². The van der Waals surface area contributed by atoms with Gasteiger partial charge in [0.15, 0.2) is 12.4 Å². The summed E-state index contributed by atoms with van der Waals surface area (Å²) in [6, 6.07) is 15.6. The molecule has 4 rings (SSSR count). The summed E-state index contributed by atoms with van der Waals surface area (Å²) in [5.41, 5.74) is 4.17. The van der Waals surface area contributed by atoms with Crippen molar-refractivity contribution in [3.63, 3.8) is 0 Å². The molecule has 0 spiro atoms. The molecule has 12 heteroatoms. The van der Waals surface area contributed by atoms with Gasteiger partial charge in [-0.25, -0.2) is 0 Å². The van der Waals surface area contributed by atoms with Gasteiger partial charge in [0.1, 0.15) is 12.4 Å². The quantitative estimate of drug-likeness (QED) is 0.146. The molecule has 2 N–H and O–H groups in total. The molecule has 1 aromatic heterocycles. The minimum Gasteiger partial charge on any atom is -0.477 e. The number of allylic oxidation sites excluding steroid dienone is 2. The number of fused-ring (bicyclic) bond motifs is 1. The van der Waals surface area contributed by atoms with E-state index in [4.69, 9.17) is 17.9 Å². The Bertz CT molecular complexity index is 1450. The molecule has 1 aliphatic heterocycles. The second kappa shape index (κ2) is 12.7. The lowest BCUT2D eigenvalue weighted by Gasteiger charge is -2.17. The van der Waals surface area contributed by atoms with Crippen LogP contribution in [0.1, 0.15) is 25.7 Å². The highest BCUT2D eigenvalue weighted by atomic mass is 32.2. The Morgan fingerprint density at radius 3 is 2.71 bits per heavy atom. The standard InChI is InChI=1S/C26H30N2O8S2/c1-2-20(17-25-27(12-15-34-25)11-6-14-35-37(29)30)18-26-28(13-16-38(31,32)33)23-19-22(9-10-24(23)36-26)21-7-4-3-5-8-21/h3-5,7-10,17-19H,2,6,11-16H2,1H3,(H-,29,30,31,32,33)/p+1. The average molecular weight is 564 g/mol. The third kappa shape index (κ3) is 7.51. The Balaban J connectivity index is 1.67. The zero-order valence-corrected chi connectivity index (χ0v) is 22.6. The van der Waals surface area contributed by atoms with Gasteiger partial charge in [-0.3, -0.25) is 13.3 Å². The zero-order chi connectivity index (χ0) is 27.1. The number of rotatable bonds is 12. The summed E-state index contributed by atoms with van der Waals surface area (Å²) < 4.78 is 70.4. The summed E-state index contributed by atoms with van der Waals surface area (Å²) in [5, 5.41) is 0. The van der Waals surface area contributed by atoms with Gasteiger partial charge in [-0.2, -0.15) is 17.2 Å². The van der Waals surface area contributed by atoms with E-state index in [0.717, 1.165) is 16.7 Å². The fourth-order valence-corrected chi connectivity index (χ4v) is 4.90. The van der Waals surface area contributed by atoms with Crippen LogP contribution < -0.4 is 4.57 Å². The smallest absolute Gasteiger partial charge is 0.374 e. The van der Waals surface area contributed by atoms with Crippen LogP contribution in [-0.4, -0.2) is 58.7 Å². The first-order valence-electron chi connectivity index (χ1n) is 12.2. The molecule has 0 saturated carbocycles. The molecule has 1 fully saturated rings. The van der Waals surface area contributed by atoms with Crippen LogP contribution in [0.25, 0.3) is 28.3 Å². The van der Waals surface area contributed by atoms with Crippen LogP contribution in [0, 0.1) is 0 Å². The molecule has 0 radical (unpaired) electrons. The first-order chi connectivity index (χ1) is 18.2. The van der Waals surface area contributed by atoms with E-state index in [2.05, 4.69) is 0 Å². The molecule has 0 aliphatic carbocycles. The van der Waals surface area contributed by atoms with E-state index >= 15 is 0 Å². The number of ether oxygens (including phenoxy) is 1. The van der Waals surface area contributed by atoms with Crippen LogP contribution >= 0.6 is 0 Å². The Kier molecular flexibility index (Phi) is 9.34. The molecule has 1 aliphatic rings. The number of aromatic nitrogens is 1. The Morgan fingerprint density at radius 2 is 2.00 bits per heavy atom. The normalized spacial score (nSPS) is 16.3. The van der Waals surface area contributed by atoms with Gasteiger partial charge in [-0.15, -0.1) is 0 Å². The lowest BCUT2D eigenvalue weighted by molar-refractivity contribution is -0.673. The zero-order valence-electron chi connectivity index (χ0n) is 21.0. The maximum atomic E-state index is 11.6. The van der Waals surface area contributed by atoms with Crippen LogP contribution in [0.4, 0.5) is 0 Å². The predicted octanol–water partition coefficient (Wildman–Crippen LogP) is 3.79. The molecule has 38 heavy (non-hydrogen) atoms. The summed E-state index contributed by atoms with van der Waals surface area (Å²) in [4.78, 5) is 2.03. The number of oxazole rings is 1. The van der Waals surface area contributed by atoms with E-state index in [1.807, 2.05) is 72.5 Å². The molecule has 204 valence electrons. The van der Waals surface area contributed by atoms with Crippen molar-refractivity contribution in [3.05, 3.63) is 72.0 Å². The summed E-state index contributed by atoms with van der Waals surface area (Å²) in [5.74, 6) is 0.671. The fraction of sp³-hybridized carbons (Fsp3) is 0.346. The summed E-state index contributed by atoms with van der Waals surface area (Å²) >= 11 is -2.28. The van der Waals surface area contributed by atoms with E-state index in [0.29, 0.717) is 55.4 Å². The van der Waals surface area contributed by atoms with Crippen molar-refractivity contribution in [3.8, 4) is 11.1 Å². The van der Waals surface area contributed by atoms with Gasteiger partial charge >= 0.3 is 17.3 Å². The second-order valence-corrected chi connectivity index (χ2v) is 11.0. The molecule has 1 saturated heterocycles. The minimum atomic E-state index is -4.19. The van der Waals surface area contributed by atoms with Crippen LogP contribution in [0.15, 0.2) is 70.5 Å². The molecular formula is C26H31N2O8S2+. The molecule has 0 bridgehead atoms. The number of benzene rings is 2. The minimum absolute atomic E-state index is 0.0122. The average Bonchev–Trinajstić information content (AvgIpc) is 3.47. The van der Waals surface area contributed by atoms with Crippen molar-refractivity contribution in [2.75, 3.05) is 32.1 Å². The maximum Gasteiger partial charge on any atom is 0.374 e. The van der Waals surface area contributed by atoms with Crippen molar-refractivity contribution in [1.29, 1.82) is 0 Å². The molecule has 3 aromatic rings. The monoisotopic (exact) mass is 563 g/mol. The Hall–Kier alpha value is -3.03. The van der Waals surface area contributed by atoms with Crippen LogP contribution in [0.3, 0.4) is 0 Å². The first kappa shape index (κ1) is 28.0. The van der Waals surface area contributed by atoms with Gasteiger partial charge in [-0.1, -0.05) is 43.3 Å². The fourth-order valence-electron chi connectivity index (χ4n) is 4.22. The van der Waals surface area contributed by atoms with E-state index in [1.165, 1.54) is 0 Å². The van der Waals surface area contributed by atoms with Gasteiger partial charge < -0.3 is 14.1 Å². The van der Waals surface area contributed by atoms with Crippen LogP contribution in [-0.2, 0) is 36.9 Å². The lowest BCUT2D eigenvalue weighted by Crippen LogP contribution is -2.38. The largest absolute Gasteiger partial charge is 0.477 e. The molecule has 2 heterocycles. The van der Waals surface area contributed by atoms with Gasteiger partial charge in [0, 0.05) is 18.7 Å². The van der Waals surface area contributed by atoms with Crippen LogP contribution in [0.2, 0.25) is 0 Å². The lowest BCUT2D eigenvalue weighted by atomic mass is 10.1. The van der Waals surface area contributed by atoms with Gasteiger partial charge in [0.25, 0.3) is 15.6 Å². The van der Waals surface area contributed by atoms with Crippen molar-refractivity contribution in [1.82, 2.24) is 4.90 Å². The summed E-state index contributed by atoms with van der Waals surface area (Å²) in [6.45, 7) is 3.97. The third-order valence-electron chi connectivity index (χ3n) is 6.12. The highest BCUT2D eigenvalue weighted by Gasteiger charge is 2.25. The van der Waals surface area contributed by atoms with Crippen LogP contribution in [0.5, 0.6) is 0 Å². The molecule has 1 unspecified atom stereocenters. The SMILES string of the molecule is CCC(=Cc1oc2ccc(-c3ccccc3)cc2[n+]1CCS(=O)(=O)O)C=C1OCCN1CCCOS(=O)O. The van der Waals surface area contributed by atoms with Crippen molar-refractivity contribution in [2.45, 2.75) is 26.3 Å². The molecule has 1 atom stereocenters. The molecule has 0 amide bonds. The predicted molar refractivity (Wildman–Crippen MR) is 143 cm³/mol. The number of hydrogen-bond acceptors (Lipinski definition) is 7. The maximum absolute atomic E-state index is 11.6. The molecule has 10 nitrogen and oxygen atoms in total. The van der Waals surface area contributed by atoms with Gasteiger partial charge in [-0.05, 0) is 35.6 Å². The molecular weight excluding hydrogens is 532 g/mol. The Morgan fingerprint density at radius 1 is 1.21 bits per heavy atom. The van der Waals surface area contributed by atoms with Gasteiger partial charge in [0.05, 0.1) is 19.2 Å². The first-order valence-corrected chi connectivity index (χ1v) is 14.9. The number of aryl methyl sites for hydroxylation is 1. The number of nitrogens with zero attached hydrogens (tertiary/aromatic N) is 2. The summed E-state index contributed by atoms with van der Waals surface area (Å²) in [7, 11) is -4.19. The highest BCUT2D eigenvalue weighted by Crippen LogP contribution is 2.26. The topological polar surface area (TPSA) is 130 Å². The second-order valence-electron chi connectivity index (χ2n) is 8.71. The van der Waals surface area contributed by atoms with E-state index in [9.17, 15) is 17.2 Å². The van der Waals surface area contributed by atoms with Crippen molar-refractivity contribution >= 4 is 38.7 Å². The highest BCUT2D eigenvalue weighted by molar-refractivity contribution is 7.85. The van der Waals surface area contributed by atoms with E-state index in [1.54, 1.807) is 4.57 Å². The summed E-state index contributed by atoms with van der Waals surface area (Å²) in [6.07, 6.45) is 4.96. The van der Waals surface area contributed by atoms with Crippen molar-refractivity contribution in [2.24, 2.45) is 0 Å². The van der Waals surface area contributed by atoms with E-state index < -0.39 is 27.2 Å². The van der Waals surface area contributed by atoms with Gasteiger partial charge in [0.2, 0.25) is 5.58 Å². The van der Waals surface area contributed by atoms with Crippen molar-refractivity contribution < 1.29 is 39.6 Å². The number of hydrogen-bond donors (Lipinski definition) is 2. The Labute approximate surface area is 224 Å². The third-order valence-corrected chi connectivity index (χ3v) is 7.18.